The molecule has 1 saturated heterocycles. The maximum absolute atomic E-state index is 10.1. The van der Waals surface area contributed by atoms with Crippen molar-refractivity contribution >= 4 is 0 Å². The van der Waals surface area contributed by atoms with Crippen molar-refractivity contribution in [3.05, 3.63) is 35.4 Å². The summed E-state index contributed by atoms with van der Waals surface area (Å²) in [5, 5.41) is 13.6. The fourth-order valence-corrected chi connectivity index (χ4v) is 2.61. The van der Waals surface area contributed by atoms with Gasteiger partial charge in [-0.2, -0.15) is 0 Å². The van der Waals surface area contributed by atoms with Gasteiger partial charge in [-0.25, -0.2) is 0 Å². The quantitative estimate of drug-likeness (QED) is 0.811. The number of rotatable bonds is 3. The highest BCUT2D eigenvalue weighted by Gasteiger charge is 2.42. The molecule has 1 aromatic carbocycles. The van der Waals surface area contributed by atoms with E-state index in [9.17, 15) is 5.11 Å². The Morgan fingerprint density at radius 1 is 1.38 bits per heavy atom. The van der Waals surface area contributed by atoms with Crippen molar-refractivity contribution in [2.45, 2.75) is 43.7 Å². The second-order valence-corrected chi connectivity index (χ2v) is 5.23. The average molecular weight is 217 g/mol. The summed E-state index contributed by atoms with van der Waals surface area (Å²) in [7, 11) is 0. The van der Waals surface area contributed by atoms with Crippen LogP contribution in [0.5, 0.6) is 0 Å². The minimum atomic E-state index is -0.487. The molecule has 0 amide bonds. The molecule has 1 atom stereocenters. The summed E-state index contributed by atoms with van der Waals surface area (Å²) in [6, 6.07) is 9.14. The van der Waals surface area contributed by atoms with E-state index in [1.54, 1.807) is 0 Å². The molecular formula is C14H19NO. The van der Waals surface area contributed by atoms with E-state index in [0.717, 1.165) is 31.4 Å². The van der Waals surface area contributed by atoms with E-state index in [2.05, 4.69) is 29.6 Å². The van der Waals surface area contributed by atoms with E-state index >= 15 is 0 Å². The Bertz CT molecular complexity index is 378. The maximum atomic E-state index is 10.1. The molecule has 16 heavy (non-hydrogen) atoms. The van der Waals surface area contributed by atoms with Gasteiger partial charge in [-0.1, -0.05) is 24.3 Å². The van der Waals surface area contributed by atoms with Gasteiger partial charge >= 0.3 is 0 Å². The van der Waals surface area contributed by atoms with Crippen molar-refractivity contribution in [1.29, 1.82) is 0 Å². The Hall–Kier alpha value is -0.860. The van der Waals surface area contributed by atoms with Crippen molar-refractivity contribution in [3.8, 4) is 0 Å². The van der Waals surface area contributed by atoms with Gasteiger partial charge in [0.1, 0.15) is 0 Å². The van der Waals surface area contributed by atoms with Crippen LogP contribution >= 0.6 is 0 Å². The summed E-state index contributed by atoms with van der Waals surface area (Å²) in [5.74, 6) is 0. The Balaban J connectivity index is 1.74. The smallest absolute Gasteiger partial charge is 0.0899 e. The van der Waals surface area contributed by atoms with Gasteiger partial charge in [0.15, 0.2) is 0 Å². The van der Waals surface area contributed by atoms with Crippen LogP contribution in [0.4, 0.5) is 0 Å². The molecule has 1 heterocycles. The third-order valence-electron chi connectivity index (χ3n) is 3.83. The van der Waals surface area contributed by atoms with Crippen molar-refractivity contribution in [1.82, 2.24) is 5.32 Å². The third-order valence-corrected chi connectivity index (χ3v) is 3.83. The van der Waals surface area contributed by atoms with Crippen LogP contribution in [0.1, 0.15) is 36.8 Å². The summed E-state index contributed by atoms with van der Waals surface area (Å²) in [4.78, 5) is 0. The second kappa shape index (κ2) is 3.86. The van der Waals surface area contributed by atoms with Crippen LogP contribution in [0.2, 0.25) is 0 Å². The molecule has 2 fully saturated rings. The highest BCUT2D eigenvalue weighted by atomic mass is 16.3. The SMILES string of the molecule is OC1(c2cccc(CC3CCCN3)c2)CC1. The molecule has 1 aliphatic carbocycles. The fourth-order valence-electron chi connectivity index (χ4n) is 2.61. The number of nitrogens with one attached hydrogen (secondary N) is 1. The summed E-state index contributed by atoms with van der Waals surface area (Å²) >= 11 is 0. The van der Waals surface area contributed by atoms with Crippen LogP contribution in [0.25, 0.3) is 0 Å². The van der Waals surface area contributed by atoms with Gasteiger partial charge in [0.25, 0.3) is 0 Å². The molecule has 86 valence electrons. The van der Waals surface area contributed by atoms with E-state index in [1.807, 2.05) is 0 Å². The molecule has 2 heteroatoms. The van der Waals surface area contributed by atoms with E-state index < -0.39 is 5.60 Å². The first-order valence-electron chi connectivity index (χ1n) is 6.31. The Kier molecular flexibility index (Phi) is 2.49. The van der Waals surface area contributed by atoms with Crippen LogP contribution in [-0.2, 0) is 12.0 Å². The van der Waals surface area contributed by atoms with Crippen molar-refractivity contribution in [2.24, 2.45) is 0 Å². The molecule has 2 aliphatic rings. The van der Waals surface area contributed by atoms with Gasteiger partial charge in [0.05, 0.1) is 5.60 Å². The molecule has 3 rings (SSSR count). The minimum absolute atomic E-state index is 0.487. The average Bonchev–Trinajstić information content (AvgIpc) is 2.85. The van der Waals surface area contributed by atoms with Crippen LogP contribution in [-0.4, -0.2) is 17.7 Å². The van der Waals surface area contributed by atoms with Crippen LogP contribution in [0.3, 0.4) is 0 Å². The topological polar surface area (TPSA) is 32.3 Å². The van der Waals surface area contributed by atoms with E-state index in [1.165, 1.54) is 18.4 Å². The van der Waals surface area contributed by atoms with E-state index in [-0.39, 0.29) is 0 Å². The first-order chi connectivity index (χ1) is 7.76. The van der Waals surface area contributed by atoms with Crippen LogP contribution in [0.15, 0.2) is 24.3 Å². The van der Waals surface area contributed by atoms with Crippen LogP contribution in [0, 0.1) is 0 Å². The molecule has 1 aromatic rings. The highest BCUT2D eigenvalue weighted by molar-refractivity contribution is 5.32. The van der Waals surface area contributed by atoms with Crippen molar-refractivity contribution < 1.29 is 5.11 Å². The van der Waals surface area contributed by atoms with Gasteiger partial charge in [-0.05, 0) is 49.8 Å². The number of hydrogen-bond acceptors (Lipinski definition) is 2. The molecule has 0 radical (unpaired) electrons. The monoisotopic (exact) mass is 217 g/mol. The first-order valence-corrected chi connectivity index (χ1v) is 6.31. The predicted octanol–water partition coefficient (Wildman–Crippen LogP) is 1.96. The molecule has 1 unspecified atom stereocenters. The summed E-state index contributed by atoms with van der Waals surface area (Å²) in [6.45, 7) is 1.16. The number of hydrogen-bond donors (Lipinski definition) is 2. The molecule has 2 nitrogen and oxygen atoms in total. The molecule has 1 aliphatic heterocycles. The lowest BCUT2D eigenvalue weighted by molar-refractivity contribution is 0.151. The third kappa shape index (κ3) is 2.00. The van der Waals surface area contributed by atoms with Crippen molar-refractivity contribution in [2.75, 3.05) is 6.54 Å². The summed E-state index contributed by atoms with van der Waals surface area (Å²) < 4.78 is 0. The maximum Gasteiger partial charge on any atom is 0.0899 e. The van der Waals surface area contributed by atoms with E-state index in [0.29, 0.717) is 6.04 Å². The fraction of sp³-hybridized carbons (Fsp3) is 0.571. The lowest BCUT2D eigenvalue weighted by atomic mass is 9.99. The van der Waals surface area contributed by atoms with Gasteiger partial charge < -0.3 is 10.4 Å². The molecule has 0 aromatic heterocycles. The Morgan fingerprint density at radius 2 is 2.25 bits per heavy atom. The van der Waals surface area contributed by atoms with E-state index in [4.69, 9.17) is 0 Å². The molecule has 1 saturated carbocycles. The van der Waals surface area contributed by atoms with Gasteiger partial charge in [-0.3, -0.25) is 0 Å². The zero-order valence-corrected chi connectivity index (χ0v) is 9.58. The Labute approximate surface area is 96.7 Å². The lowest BCUT2D eigenvalue weighted by Crippen LogP contribution is -2.23. The zero-order valence-electron chi connectivity index (χ0n) is 9.58. The molecule has 0 bridgehead atoms. The first kappa shape index (κ1) is 10.3. The second-order valence-electron chi connectivity index (χ2n) is 5.23. The molecular weight excluding hydrogens is 198 g/mol. The van der Waals surface area contributed by atoms with Crippen molar-refractivity contribution in [3.63, 3.8) is 0 Å². The standard InChI is InChI=1S/C14H19NO/c16-14(6-7-14)12-4-1-3-11(9-12)10-13-5-2-8-15-13/h1,3-4,9,13,15-16H,2,5-8,10H2. The Morgan fingerprint density at radius 3 is 2.94 bits per heavy atom. The summed E-state index contributed by atoms with van der Waals surface area (Å²) in [6.07, 6.45) is 5.54. The number of aliphatic hydroxyl groups is 1. The van der Waals surface area contributed by atoms with Gasteiger partial charge in [0, 0.05) is 6.04 Å². The highest BCUT2D eigenvalue weighted by Crippen LogP contribution is 2.45. The predicted molar refractivity (Wildman–Crippen MR) is 64.3 cm³/mol. The lowest BCUT2D eigenvalue weighted by Gasteiger charge is -2.13. The van der Waals surface area contributed by atoms with Gasteiger partial charge in [0.2, 0.25) is 0 Å². The van der Waals surface area contributed by atoms with Gasteiger partial charge in [-0.15, -0.1) is 0 Å². The zero-order chi connectivity index (χ0) is 11.0. The normalized spacial score (nSPS) is 26.9. The number of benzene rings is 1. The largest absolute Gasteiger partial charge is 0.385 e. The van der Waals surface area contributed by atoms with Crippen LogP contribution < -0.4 is 5.32 Å². The summed E-state index contributed by atoms with van der Waals surface area (Å²) in [5.41, 5.74) is 1.99. The molecule has 2 N–H and O–H groups in total. The molecule has 0 spiro atoms. The minimum Gasteiger partial charge on any atom is -0.385 e.